The van der Waals surface area contributed by atoms with Gasteiger partial charge in [0.25, 0.3) is 0 Å². The first-order valence-electron chi connectivity index (χ1n) is 8.33. The second-order valence-corrected chi connectivity index (χ2v) is 6.01. The zero-order chi connectivity index (χ0) is 18.4. The molecule has 3 rings (SSSR count). The van der Waals surface area contributed by atoms with Gasteiger partial charge in [0, 0.05) is 12.3 Å². The molecule has 0 fully saturated rings. The van der Waals surface area contributed by atoms with Crippen LogP contribution in [0.25, 0.3) is 6.08 Å². The van der Waals surface area contributed by atoms with E-state index in [1.54, 1.807) is 24.1 Å². The van der Waals surface area contributed by atoms with Crippen molar-refractivity contribution < 1.29 is 9.53 Å². The fourth-order valence-electron chi connectivity index (χ4n) is 2.47. The lowest BCUT2D eigenvalue weighted by Crippen LogP contribution is -2.07. The highest BCUT2D eigenvalue weighted by atomic mass is 16.5. The van der Waals surface area contributed by atoms with E-state index in [1.807, 2.05) is 30.5 Å². The molecular weight excluding hydrogens is 326 g/mol. The summed E-state index contributed by atoms with van der Waals surface area (Å²) < 4.78 is 6.91. The van der Waals surface area contributed by atoms with Gasteiger partial charge < -0.3 is 10.1 Å². The van der Waals surface area contributed by atoms with Gasteiger partial charge in [-0.15, -0.1) is 0 Å². The second kappa shape index (κ2) is 8.16. The summed E-state index contributed by atoms with van der Waals surface area (Å²) in [4.78, 5) is 12.1. The SMILES string of the molecule is COc1ccc(/C=C/C(=O)Nc2cnn(Cc3ccc(C)cc3)c2)cc1. The van der Waals surface area contributed by atoms with Gasteiger partial charge in [-0.2, -0.15) is 5.10 Å². The number of carbonyl (C=O) groups excluding carboxylic acids is 1. The Balaban J connectivity index is 1.56. The number of methoxy groups -OCH3 is 1. The molecule has 1 N–H and O–H groups in total. The van der Waals surface area contributed by atoms with Crippen molar-refractivity contribution in [3.8, 4) is 5.75 Å². The predicted molar refractivity (Wildman–Crippen MR) is 103 cm³/mol. The zero-order valence-electron chi connectivity index (χ0n) is 14.8. The van der Waals surface area contributed by atoms with E-state index in [1.165, 1.54) is 11.6 Å². The summed E-state index contributed by atoms with van der Waals surface area (Å²) in [6.07, 6.45) is 6.72. The maximum Gasteiger partial charge on any atom is 0.248 e. The molecule has 0 unspecified atom stereocenters. The summed E-state index contributed by atoms with van der Waals surface area (Å²) in [5.74, 6) is 0.586. The van der Waals surface area contributed by atoms with Gasteiger partial charge in [-0.3, -0.25) is 9.48 Å². The lowest BCUT2D eigenvalue weighted by Gasteiger charge is -2.02. The maximum absolute atomic E-state index is 12.1. The molecule has 1 amide bonds. The van der Waals surface area contributed by atoms with Crippen molar-refractivity contribution in [3.05, 3.63) is 83.7 Å². The molecule has 3 aromatic rings. The van der Waals surface area contributed by atoms with Crippen molar-refractivity contribution in [2.45, 2.75) is 13.5 Å². The Morgan fingerprint density at radius 1 is 1.15 bits per heavy atom. The first-order chi connectivity index (χ1) is 12.6. The minimum Gasteiger partial charge on any atom is -0.497 e. The number of aryl methyl sites for hydroxylation is 1. The van der Waals surface area contributed by atoms with Crippen LogP contribution < -0.4 is 10.1 Å². The molecular formula is C21H21N3O2. The number of ether oxygens (including phenoxy) is 1. The van der Waals surface area contributed by atoms with Crippen LogP contribution in [0.2, 0.25) is 0 Å². The molecule has 1 aromatic heterocycles. The van der Waals surface area contributed by atoms with Gasteiger partial charge in [0.15, 0.2) is 0 Å². The molecule has 0 saturated heterocycles. The monoisotopic (exact) mass is 347 g/mol. The molecule has 0 spiro atoms. The quantitative estimate of drug-likeness (QED) is 0.688. The smallest absolute Gasteiger partial charge is 0.248 e. The largest absolute Gasteiger partial charge is 0.497 e. The van der Waals surface area contributed by atoms with E-state index in [2.05, 4.69) is 41.6 Å². The Kier molecular flexibility index (Phi) is 5.49. The van der Waals surface area contributed by atoms with Gasteiger partial charge in [0.2, 0.25) is 5.91 Å². The third kappa shape index (κ3) is 4.83. The first kappa shape index (κ1) is 17.5. The van der Waals surface area contributed by atoms with Crippen LogP contribution in [0.3, 0.4) is 0 Å². The number of hydrogen-bond acceptors (Lipinski definition) is 3. The molecule has 0 atom stereocenters. The number of amides is 1. The average Bonchev–Trinajstić information content (AvgIpc) is 3.09. The highest BCUT2D eigenvalue weighted by molar-refractivity contribution is 6.01. The fourth-order valence-corrected chi connectivity index (χ4v) is 2.47. The van der Waals surface area contributed by atoms with E-state index >= 15 is 0 Å². The molecule has 5 nitrogen and oxygen atoms in total. The summed E-state index contributed by atoms with van der Waals surface area (Å²) in [6.45, 7) is 2.72. The Morgan fingerprint density at radius 2 is 1.88 bits per heavy atom. The third-order valence-corrected chi connectivity index (χ3v) is 3.91. The third-order valence-electron chi connectivity index (χ3n) is 3.91. The predicted octanol–water partition coefficient (Wildman–Crippen LogP) is 3.90. The number of carbonyl (C=O) groups is 1. The number of nitrogens with one attached hydrogen (secondary N) is 1. The molecule has 0 aliphatic rings. The Hall–Kier alpha value is -3.34. The average molecular weight is 347 g/mol. The highest BCUT2D eigenvalue weighted by Crippen LogP contribution is 2.13. The number of rotatable bonds is 6. The lowest BCUT2D eigenvalue weighted by atomic mass is 10.1. The van der Waals surface area contributed by atoms with Gasteiger partial charge in [-0.05, 0) is 36.3 Å². The van der Waals surface area contributed by atoms with Crippen molar-refractivity contribution >= 4 is 17.7 Å². The number of aromatic nitrogens is 2. The van der Waals surface area contributed by atoms with Crippen LogP contribution in [0.1, 0.15) is 16.7 Å². The number of anilines is 1. The summed E-state index contributed by atoms with van der Waals surface area (Å²) >= 11 is 0. The normalized spacial score (nSPS) is 10.8. The second-order valence-electron chi connectivity index (χ2n) is 6.01. The van der Waals surface area contributed by atoms with E-state index in [9.17, 15) is 4.79 Å². The Labute approximate surface area is 152 Å². The number of nitrogens with zero attached hydrogens (tertiary/aromatic N) is 2. The van der Waals surface area contributed by atoms with Crippen molar-refractivity contribution in [1.82, 2.24) is 9.78 Å². The van der Waals surface area contributed by atoms with Crippen LogP contribution in [0, 0.1) is 6.92 Å². The minimum atomic E-state index is -0.198. The molecule has 1 heterocycles. The fraction of sp³-hybridized carbons (Fsp3) is 0.143. The Morgan fingerprint density at radius 3 is 2.58 bits per heavy atom. The zero-order valence-corrected chi connectivity index (χ0v) is 14.8. The minimum absolute atomic E-state index is 0.198. The van der Waals surface area contributed by atoms with Gasteiger partial charge in [0.1, 0.15) is 5.75 Å². The molecule has 0 aliphatic heterocycles. The summed E-state index contributed by atoms with van der Waals surface area (Å²) in [5.41, 5.74) is 3.99. The molecule has 132 valence electrons. The van der Waals surface area contributed by atoms with Gasteiger partial charge in [0.05, 0.1) is 25.5 Å². The van der Waals surface area contributed by atoms with Crippen LogP contribution >= 0.6 is 0 Å². The highest BCUT2D eigenvalue weighted by Gasteiger charge is 2.03. The maximum atomic E-state index is 12.1. The van der Waals surface area contributed by atoms with Gasteiger partial charge in [-0.25, -0.2) is 0 Å². The van der Waals surface area contributed by atoms with Crippen LogP contribution in [0.15, 0.2) is 67.0 Å². The van der Waals surface area contributed by atoms with E-state index in [0.717, 1.165) is 16.9 Å². The molecule has 2 aromatic carbocycles. The molecule has 0 bridgehead atoms. The summed E-state index contributed by atoms with van der Waals surface area (Å²) in [5, 5.41) is 7.10. The van der Waals surface area contributed by atoms with Crippen molar-refractivity contribution in [2.24, 2.45) is 0 Å². The molecule has 0 aliphatic carbocycles. The molecule has 0 saturated carbocycles. The van der Waals surface area contributed by atoms with Gasteiger partial charge in [-0.1, -0.05) is 42.0 Å². The van der Waals surface area contributed by atoms with Crippen molar-refractivity contribution in [3.63, 3.8) is 0 Å². The van der Waals surface area contributed by atoms with Crippen LogP contribution in [-0.2, 0) is 11.3 Å². The first-order valence-corrected chi connectivity index (χ1v) is 8.33. The van der Waals surface area contributed by atoms with Crippen molar-refractivity contribution in [1.29, 1.82) is 0 Å². The van der Waals surface area contributed by atoms with E-state index < -0.39 is 0 Å². The number of hydrogen-bond donors (Lipinski definition) is 1. The number of benzene rings is 2. The lowest BCUT2D eigenvalue weighted by molar-refractivity contribution is -0.111. The summed E-state index contributed by atoms with van der Waals surface area (Å²) in [7, 11) is 1.62. The molecule has 5 heteroatoms. The van der Waals surface area contributed by atoms with Gasteiger partial charge >= 0.3 is 0 Å². The molecule has 0 radical (unpaired) electrons. The van der Waals surface area contributed by atoms with E-state index in [-0.39, 0.29) is 5.91 Å². The molecule has 26 heavy (non-hydrogen) atoms. The van der Waals surface area contributed by atoms with Crippen LogP contribution in [-0.4, -0.2) is 22.8 Å². The topological polar surface area (TPSA) is 56.1 Å². The van der Waals surface area contributed by atoms with E-state index in [0.29, 0.717) is 12.2 Å². The van der Waals surface area contributed by atoms with Crippen molar-refractivity contribution in [2.75, 3.05) is 12.4 Å². The van der Waals surface area contributed by atoms with Crippen LogP contribution in [0.4, 0.5) is 5.69 Å². The standard InChI is InChI=1S/C21H21N3O2/c1-16-3-5-18(6-4-16)14-24-15-19(13-22-24)23-21(25)12-9-17-7-10-20(26-2)11-8-17/h3-13,15H,14H2,1-2H3,(H,23,25)/b12-9+. The Bertz CT molecular complexity index is 894. The summed E-state index contributed by atoms with van der Waals surface area (Å²) in [6, 6.07) is 15.8. The van der Waals surface area contributed by atoms with Crippen LogP contribution in [0.5, 0.6) is 5.75 Å². The van der Waals surface area contributed by atoms with E-state index in [4.69, 9.17) is 4.74 Å².